The molecule has 2 aromatic heterocycles. The Balaban J connectivity index is 0.000000310. The number of methoxy groups -OCH3 is 1. The molecule has 1 fully saturated rings. The second kappa shape index (κ2) is 10.4. The zero-order valence-electron chi connectivity index (χ0n) is 17.2. The molecular weight excluding hydrogens is 407 g/mol. The number of anilines is 2. The average Bonchev–Trinajstić information content (AvgIpc) is 3.18. The van der Waals surface area contributed by atoms with Crippen LogP contribution in [0.15, 0.2) is 24.4 Å². The standard InChI is InChI=1S/C15H15FN4O2S.C6H12O/c1-18-15-20-13-10(21-2)5-9(6-11(13)23-15)22-7-8-3-4-19-14(17)12(8)16;7-6-4-2-1-3-5-6/h3-6H,7H2,1-2H3,(H2,17,19)(H,18,20);6-7H,1-5H2. The molecular formula is C21H27FN4O3S. The molecule has 0 aliphatic heterocycles. The Bertz CT molecular complexity index is 976. The number of benzene rings is 1. The maximum absolute atomic E-state index is 13.8. The van der Waals surface area contributed by atoms with Gasteiger partial charge in [0.15, 0.2) is 16.8 Å². The summed E-state index contributed by atoms with van der Waals surface area (Å²) in [5.41, 5.74) is 6.55. The number of rotatable bonds is 5. The summed E-state index contributed by atoms with van der Waals surface area (Å²) in [6, 6.07) is 5.11. The average molecular weight is 435 g/mol. The summed E-state index contributed by atoms with van der Waals surface area (Å²) in [6.45, 7) is 0.0465. The van der Waals surface area contributed by atoms with Gasteiger partial charge in [0.1, 0.15) is 23.6 Å². The number of halogens is 1. The van der Waals surface area contributed by atoms with Crippen LogP contribution in [-0.2, 0) is 6.61 Å². The number of thiazole rings is 1. The number of aliphatic hydroxyl groups is 1. The van der Waals surface area contributed by atoms with Crippen LogP contribution < -0.4 is 20.5 Å². The highest BCUT2D eigenvalue weighted by atomic mass is 32.1. The van der Waals surface area contributed by atoms with Gasteiger partial charge in [-0.15, -0.1) is 0 Å². The van der Waals surface area contributed by atoms with Crippen molar-refractivity contribution >= 4 is 32.5 Å². The molecule has 4 N–H and O–H groups in total. The van der Waals surface area contributed by atoms with E-state index in [2.05, 4.69) is 15.3 Å². The fourth-order valence-electron chi connectivity index (χ4n) is 3.18. The maximum Gasteiger partial charge on any atom is 0.183 e. The third-order valence-electron chi connectivity index (χ3n) is 4.83. The van der Waals surface area contributed by atoms with Crippen LogP contribution in [0.5, 0.6) is 11.5 Å². The highest BCUT2D eigenvalue weighted by molar-refractivity contribution is 7.22. The van der Waals surface area contributed by atoms with Gasteiger partial charge in [-0.3, -0.25) is 0 Å². The van der Waals surface area contributed by atoms with E-state index in [1.165, 1.54) is 42.9 Å². The second-order valence-electron chi connectivity index (χ2n) is 6.99. The van der Waals surface area contributed by atoms with Crippen LogP contribution in [-0.4, -0.2) is 35.3 Å². The van der Waals surface area contributed by atoms with Crippen molar-refractivity contribution in [1.82, 2.24) is 9.97 Å². The number of ether oxygens (including phenoxy) is 2. The van der Waals surface area contributed by atoms with E-state index in [0.29, 0.717) is 17.1 Å². The van der Waals surface area contributed by atoms with Gasteiger partial charge in [-0.25, -0.2) is 14.4 Å². The highest BCUT2D eigenvalue weighted by Gasteiger charge is 2.13. The maximum atomic E-state index is 13.8. The molecule has 0 saturated heterocycles. The second-order valence-corrected chi connectivity index (χ2v) is 8.02. The van der Waals surface area contributed by atoms with Gasteiger partial charge >= 0.3 is 0 Å². The molecule has 2 heterocycles. The first-order valence-electron chi connectivity index (χ1n) is 9.88. The van der Waals surface area contributed by atoms with Gasteiger partial charge in [0, 0.05) is 24.9 Å². The molecule has 30 heavy (non-hydrogen) atoms. The minimum atomic E-state index is -0.559. The molecule has 4 rings (SSSR count). The number of aromatic nitrogens is 2. The van der Waals surface area contributed by atoms with Crippen molar-refractivity contribution in [2.24, 2.45) is 0 Å². The van der Waals surface area contributed by atoms with Crippen molar-refractivity contribution in [3.8, 4) is 11.5 Å². The Morgan fingerprint density at radius 2 is 2.07 bits per heavy atom. The molecule has 0 bridgehead atoms. The van der Waals surface area contributed by atoms with Crippen molar-refractivity contribution < 1.29 is 19.0 Å². The molecule has 9 heteroatoms. The molecule has 1 aliphatic rings. The van der Waals surface area contributed by atoms with Gasteiger partial charge < -0.3 is 25.6 Å². The first-order valence-corrected chi connectivity index (χ1v) is 10.7. The fourth-order valence-corrected chi connectivity index (χ4v) is 4.04. The van der Waals surface area contributed by atoms with Crippen LogP contribution in [0, 0.1) is 5.82 Å². The molecule has 0 unspecified atom stereocenters. The predicted molar refractivity (Wildman–Crippen MR) is 118 cm³/mol. The Morgan fingerprint density at radius 1 is 1.30 bits per heavy atom. The number of hydrogen-bond donors (Lipinski definition) is 3. The van der Waals surface area contributed by atoms with Crippen molar-refractivity contribution in [1.29, 1.82) is 0 Å². The largest absolute Gasteiger partial charge is 0.494 e. The molecule has 1 saturated carbocycles. The van der Waals surface area contributed by atoms with E-state index in [9.17, 15) is 4.39 Å². The number of nitrogen functional groups attached to an aromatic ring is 1. The lowest BCUT2D eigenvalue weighted by Crippen LogP contribution is -2.09. The molecule has 162 valence electrons. The molecule has 0 radical (unpaired) electrons. The lowest BCUT2D eigenvalue weighted by atomic mass is 9.98. The number of fused-ring (bicyclic) bond motifs is 1. The lowest BCUT2D eigenvalue weighted by Gasteiger charge is -2.14. The third kappa shape index (κ3) is 5.48. The minimum Gasteiger partial charge on any atom is -0.494 e. The summed E-state index contributed by atoms with van der Waals surface area (Å²) < 4.78 is 25.8. The zero-order chi connectivity index (χ0) is 21.5. The van der Waals surface area contributed by atoms with Gasteiger partial charge in [-0.2, -0.15) is 0 Å². The van der Waals surface area contributed by atoms with E-state index in [-0.39, 0.29) is 18.5 Å². The van der Waals surface area contributed by atoms with Crippen molar-refractivity contribution in [3.63, 3.8) is 0 Å². The zero-order valence-corrected chi connectivity index (χ0v) is 18.0. The predicted octanol–water partition coefficient (Wildman–Crippen LogP) is 4.35. The van der Waals surface area contributed by atoms with Gasteiger partial charge in [-0.1, -0.05) is 30.6 Å². The summed E-state index contributed by atoms with van der Waals surface area (Å²) in [7, 11) is 3.37. The van der Waals surface area contributed by atoms with Crippen molar-refractivity contribution in [2.45, 2.75) is 44.8 Å². The molecule has 1 aliphatic carbocycles. The third-order valence-corrected chi connectivity index (χ3v) is 5.85. The Kier molecular flexibility index (Phi) is 7.64. The van der Waals surface area contributed by atoms with E-state index in [4.69, 9.17) is 20.3 Å². The van der Waals surface area contributed by atoms with Crippen LogP contribution in [0.2, 0.25) is 0 Å². The normalized spacial score (nSPS) is 14.1. The van der Waals surface area contributed by atoms with E-state index in [0.717, 1.165) is 28.2 Å². The highest BCUT2D eigenvalue weighted by Crippen LogP contribution is 2.36. The summed E-state index contributed by atoms with van der Waals surface area (Å²) in [5, 5.41) is 12.7. The lowest BCUT2D eigenvalue weighted by molar-refractivity contribution is 0.130. The number of nitrogens with one attached hydrogen (secondary N) is 1. The first-order chi connectivity index (χ1) is 14.5. The van der Waals surface area contributed by atoms with Crippen LogP contribution >= 0.6 is 11.3 Å². The van der Waals surface area contributed by atoms with E-state index < -0.39 is 5.82 Å². The molecule has 0 amide bonds. The topological polar surface area (TPSA) is 103 Å². The van der Waals surface area contributed by atoms with Gasteiger partial charge in [0.05, 0.1) is 17.9 Å². The van der Waals surface area contributed by atoms with Crippen molar-refractivity contribution in [2.75, 3.05) is 25.2 Å². The molecule has 0 atom stereocenters. The molecule has 1 aromatic carbocycles. The summed E-state index contributed by atoms with van der Waals surface area (Å²) in [4.78, 5) is 8.12. The van der Waals surface area contributed by atoms with Crippen LogP contribution in [0.1, 0.15) is 37.7 Å². The fraction of sp³-hybridized carbons (Fsp3) is 0.429. The Hall–Kier alpha value is -2.65. The molecule has 3 aromatic rings. The number of pyridine rings is 1. The Labute approximate surface area is 179 Å². The Morgan fingerprint density at radius 3 is 2.70 bits per heavy atom. The van der Waals surface area contributed by atoms with Gasteiger partial charge in [0.25, 0.3) is 0 Å². The first kappa shape index (κ1) is 22.0. The van der Waals surface area contributed by atoms with Gasteiger partial charge in [0.2, 0.25) is 0 Å². The van der Waals surface area contributed by atoms with Gasteiger partial charge in [-0.05, 0) is 25.0 Å². The number of hydrogen-bond acceptors (Lipinski definition) is 8. The number of nitrogens with two attached hydrogens (primary N) is 1. The summed E-state index contributed by atoms with van der Waals surface area (Å²) in [5.74, 6) is 0.469. The monoisotopic (exact) mass is 434 g/mol. The molecule has 7 nitrogen and oxygen atoms in total. The summed E-state index contributed by atoms with van der Waals surface area (Å²) in [6.07, 6.45) is 7.37. The molecule has 0 spiro atoms. The smallest absolute Gasteiger partial charge is 0.183 e. The van der Waals surface area contributed by atoms with Crippen LogP contribution in [0.3, 0.4) is 0 Å². The number of aliphatic hydroxyl groups excluding tert-OH is 1. The van der Waals surface area contributed by atoms with E-state index in [1.54, 1.807) is 20.2 Å². The van der Waals surface area contributed by atoms with E-state index >= 15 is 0 Å². The van der Waals surface area contributed by atoms with Crippen LogP contribution in [0.25, 0.3) is 10.2 Å². The minimum absolute atomic E-state index is 0.0359. The quantitative estimate of drug-likeness (QED) is 0.548. The number of nitrogens with zero attached hydrogens (tertiary/aromatic N) is 2. The van der Waals surface area contributed by atoms with Crippen LogP contribution in [0.4, 0.5) is 15.3 Å². The summed E-state index contributed by atoms with van der Waals surface area (Å²) >= 11 is 1.48. The van der Waals surface area contributed by atoms with Crippen molar-refractivity contribution in [3.05, 3.63) is 35.8 Å². The SMILES string of the molecule is CNc1nc2c(OC)cc(OCc3ccnc(N)c3F)cc2s1.OC1CCCCC1. The van der Waals surface area contributed by atoms with E-state index in [1.807, 2.05) is 6.07 Å².